The maximum atomic E-state index is 12.5. The molecule has 9 heteroatoms. The fraction of sp³-hybridized carbons (Fsp3) is 0.111. The van der Waals surface area contributed by atoms with Gasteiger partial charge >= 0.3 is 0 Å². The van der Waals surface area contributed by atoms with Crippen LogP contribution in [0.4, 0.5) is 11.6 Å². The minimum Gasteiger partial charge on any atom is -0.325 e. The molecular weight excluding hydrogens is 368 g/mol. The van der Waals surface area contributed by atoms with Gasteiger partial charge in [-0.25, -0.2) is 4.98 Å². The zero-order valence-electron chi connectivity index (χ0n) is 14.5. The third kappa shape index (κ3) is 4.62. The fourth-order valence-corrected chi connectivity index (χ4v) is 2.50. The number of anilines is 2. The van der Waals surface area contributed by atoms with Crippen LogP contribution in [-0.2, 0) is 4.79 Å². The number of pyridine rings is 1. The van der Waals surface area contributed by atoms with Crippen LogP contribution in [0.1, 0.15) is 23.1 Å². The molecule has 3 rings (SSSR count). The Balaban J connectivity index is 1.83. The molecule has 0 bridgehead atoms. The molecular formula is C18H15ClN6O2. The quantitative estimate of drug-likeness (QED) is 0.717. The van der Waals surface area contributed by atoms with Crippen LogP contribution in [0, 0.1) is 6.92 Å². The minimum absolute atomic E-state index is 0.107. The Hall–Kier alpha value is -3.39. The smallest absolute Gasteiger partial charge is 0.258 e. The van der Waals surface area contributed by atoms with E-state index in [1.165, 1.54) is 13.0 Å². The van der Waals surface area contributed by atoms with Gasteiger partial charge in [0.05, 0.1) is 10.7 Å². The molecule has 0 aliphatic rings. The van der Waals surface area contributed by atoms with Crippen molar-refractivity contribution in [1.82, 2.24) is 19.9 Å². The van der Waals surface area contributed by atoms with E-state index in [9.17, 15) is 9.59 Å². The minimum atomic E-state index is -0.441. The van der Waals surface area contributed by atoms with Gasteiger partial charge in [0.2, 0.25) is 11.9 Å². The fourth-order valence-electron chi connectivity index (χ4n) is 2.27. The molecule has 136 valence electrons. The molecule has 3 aromatic rings. The molecule has 0 spiro atoms. The lowest BCUT2D eigenvalue weighted by molar-refractivity contribution is -0.114. The van der Waals surface area contributed by atoms with Gasteiger partial charge in [0.15, 0.2) is 5.82 Å². The standard InChI is InChI=1S/C18H15ClN6O2/c1-10-21-16(15-5-3-4-8-20-15)24-18(22-10)25-17(27)12-6-7-14(13(19)9-12)23-11(2)26/h3-9H,1-2H3,(H,23,26)(H,21,22,24,25,27). The lowest BCUT2D eigenvalue weighted by atomic mass is 10.2. The first kappa shape index (κ1) is 18.4. The summed E-state index contributed by atoms with van der Waals surface area (Å²) in [7, 11) is 0. The highest BCUT2D eigenvalue weighted by atomic mass is 35.5. The van der Waals surface area contributed by atoms with Crippen molar-refractivity contribution in [2.45, 2.75) is 13.8 Å². The van der Waals surface area contributed by atoms with Crippen LogP contribution < -0.4 is 10.6 Å². The summed E-state index contributed by atoms with van der Waals surface area (Å²) in [6.07, 6.45) is 1.63. The van der Waals surface area contributed by atoms with Gasteiger partial charge in [0.25, 0.3) is 5.91 Å². The number of hydrogen-bond acceptors (Lipinski definition) is 6. The van der Waals surface area contributed by atoms with Crippen LogP contribution >= 0.6 is 11.6 Å². The van der Waals surface area contributed by atoms with E-state index in [4.69, 9.17) is 11.6 Å². The van der Waals surface area contributed by atoms with E-state index >= 15 is 0 Å². The molecule has 2 N–H and O–H groups in total. The number of nitrogens with zero attached hydrogens (tertiary/aromatic N) is 4. The number of benzene rings is 1. The maximum absolute atomic E-state index is 12.5. The lowest BCUT2D eigenvalue weighted by Crippen LogP contribution is -2.16. The van der Waals surface area contributed by atoms with E-state index in [2.05, 4.69) is 30.6 Å². The molecule has 8 nitrogen and oxygen atoms in total. The Kier molecular flexibility index (Phi) is 5.37. The molecule has 0 unspecified atom stereocenters. The summed E-state index contributed by atoms with van der Waals surface area (Å²) < 4.78 is 0. The van der Waals surface area contributed by atoms with Crippen LogP contribution in [0.3, 0.4) is 0 Å². The number of carbonyl (C=O) groups is 2. The number of aromatic nitrogens is 4. The number of halogens is 1. The molecule has 2 aromatic heterocycles. The molecule has 2 amide bonds. The van der Waals surface area contributed by atoms with Crippen molar-refractivity contribution < 1.29 is 9.59 Å². The van der Waals surface area contributed by atoms with Gasteiger partial charge in [-0.3, -0.25) is 19.9 Å². The Bertz CT molecular complexity index is 1010. The van der Waals surface area contributed by atoms with Crippen LogP contribution in [0.2, 0.25) is 5.02 Å². The number of hydrogen-bond donors (Lipinski definition) is 2. The molecule has 0 aliphatic heterocycles. The first-order chi connectivity index (χ1) is 12.9. The van der Waals surface area contributed by atoms with E-state index in [0.29, 0.717) is 28.6 Å². The van der Waals surface area contributed by atoms with Crippen LogP contribution in [-0.4, -0.2) is 31.8 Å². The molecule has 2 heterocycles. The molecule has 0 saturated carbocycles. The molecule has 0 radical (unpaired) electrons. The van der Waals surface area contributed by atoms with E-state index in [1.54, 1.807) is 37.4 Å². The zero-order valence-corrected chi connectivity index (χ0v) is 15.3. The SMILES string of the molecule is CC(=O)Nc1ccc(C(=O)Nc2nc(C)nc(-c3ccccn3)n2)cc1Cl. The van der Waals surface area contributed by atoms with Crippen LogP contribution in [0.15, 0.2) is 42.6 Å². The van der Waals surface area contributed by atoms with E-state index in [-0.39, 0.29) is 16.9 Å². The number of amides is 2. The van der Waals surface area contributed by atoms with E-state index in [0.717, 1.165) is 0 Å². The summed E-state index contributed by atoms with van der Waals surface area (Å²) >= 11 is 6.11. The van der Waals surface area contributed by atoms with Crippen molar-refractivity contribution in [1.29, 1.82) is 0 Å². The predicted molar refractivity (Wildman–Crippen MR) is 102 cm³/mol. The first-order valence-corrected chi connectivity index (χ1v) is 8.33. The summed E-state index contributed by atoms with van der Waals surface area (Å²) in [6.45, 7) is 3.07. The number of carbonyl (C=O) groups excluding carboxylic acids is 2. The normalized spacial score (nSPS) is 10.3. The van der Waals surface area contributed by atoms with Crippen molar-refractivity contribution in [3.8, 4) is 11.5 Å². The van der Waals surface area contributed by atoms with Crippen molar-refractivity contribution in [2.24, 2.45) is 0 Å². The molecule has 0 aliphatic carbocycles. The molecule has 1 aromatic carbocycles. The summed E-state index contributed by atoms with van der Waals surface area (Å²) in [6, 6.07) is 9.92. The highest BCUT2D eigenvalue weighted by molar-refractivity contribution is 6.34. The average molecular weight is 383 g/mol. The maximum Gasteiger partial charge on any atom is 0.258 e. The Labute approximate surface area is 160 Å². The number of aryl methyl sites for hydroxylation is 1. The first-order valence-electron chi connectivity index (χ1n) is 7.95. The van der Waals surface area contributed by atoms with E-state index < -0.39 is 5.91 Å². The Morgan fingerprint density at radius 1 is 1.04 bits per heavy atom. The summed E-state index contributed by atoms with van der Waals surface area (Å²) in [5.41, 5.74) is 1.29. The molecule has 0 saturated heterocycles. The van der Waals surface area contributed by atoms with Gasteiger partial charge in [-0.2, -0.15) is 9.97 Å². The third-order valence-electron chi connectivity index (χ3n) is 3.41. The monoisotopic (exact) mass is 382 g/mol. The predicted octanol–water partition coefficient (Wildman–Crippen LogP) is 3.11. The second kappa shape index (κ2) is 7.88. The second-order valence-corrected chi connectivity index (χ2v) is 5.98. The zero-order chi connectivity index (χ0) is 19.4. The van der Waals surface area contributed by atoms with Crippen molar-refractivity contribution in [3.63, 3.8) is 0 Å². The van der Waals surface area contributed by atoms with Crippen molar-refractivity contribution in [2.75, 3.05) is 10.6 Å². The van der Waals surface area contributed by atoms with Gasteiger partial charge in [-0.05, 0) is 37.3 Å². The lowest BCUT2D eigenvalue weighted by Gasteiger charge is -2.09. The van der Waals surface area contributed by atoms with Gasteiger partial charge in [0.1, 0.15) is 11.5 Å². The molecule has 0 fully saturated rings. The van der Waals surface area contributed by atoms with Gasteiger partial charge in [0, 0.05) is 18.7 Å². The molecule has 0 atom stereocenters. The summed E-state index contributed by atoms with van der Waals surface area (Å²) in [5.74, 6) is 0.216. The Morgan fingerprint density at radius 3 is 2.52 bits per heavy atom. The Morgan fingerprint density at radius 2 is 1.85 bits per heavy atom. The highest BCUT2D eigenvalue weighted by Gasteiger charge is 2.13. The van der Waals surface area contributed by atoms with Gasteiger partial charge < -0.3 is 5.32 Å². The highest BCUT2D eigenvalue weighted by Crippen LogP contribution is 2.23. The van der Waals surface area contributed by atoms with Gasteiger partial charge in [-0.15, -0.1) is 0 Å². The van der Waals surface area contributed by atoms with Gasteiger partial charge in [-0.1, -0.05) is 17.7 Å². The average Bonchev–Trinajstić information content (AvgIpc) is 2.63. The summed E-state index contributed by atoms with van der Waals surface area (Å²) in [5, 5.41) is 5.45. The van der Waals surface area contributed by atoms with Crippen molar-refractivity contribution in [3.05, 3.63) is 59.0 Å². The van der Waals surface area contributed by atoms with Crippen molar-refractivity contribution >= 4 is 35.1 Å². The topological polar surface area (TPSA) is 110 Å². The largest absolute Gasteiger partial charge is 0.325 e. The van der Waals surface area contributed by atoms with Crippen LogP contribution in [0.5, 0.6) is 0 Å². The van der Waals surface area contributed by atoms with Crippen LogP contribution in [0.25, 0.3) is 11.5 Å². The third-order valence-corrected chi connectivity index (χ3v) is 3.72. The molecule has 27 heavy (non-hydrogen) atoms. The number of rotatable bonds is 4. The summed E-state index contributed by atoms with van der Waals surface area (Å²) in [4.78, 5) is 40.4. The number of nitrogens with one attached hydrogen (secondary N) is 2. The van der Waals surface area contributed by atoms with E-state index in [1.807, 2.05) is 6.07 Å². The second-order valence-electron chi connectivity index (χ2n) is 5.57.